The number of aryl methyl sites for hydroxylation is 2. The first-order valence-electron chi connectivity index (χ1n) is 8.14. The van der Waals surface area contributed by atoms with Crippen molar-refractivity contribution >= 4 is 16.3 Å². The fraction of sp³-hybridized carbons (Fsp3) is 0.158. The van der Waals surface area contributed by atoms with E-state index in [-0.39, 0.29) is 0 Å². The number of hydrogen-bond acceptors (Lipinski definition) is 5. The van der Waals surface area contributed by atoms with Gasteiger partial charge in [0.1, 0.15) is 5.82 Å². The fourth-order valence-corrected chi connectivity index (χ4v) is 3.96. The third-order valence-corrected chi connectivity index (χ3v) is 5.18. The lowest BCUT2D eigenvalue weighted by atomic mass is 10.1. The van der Waals surface area contributed by atoms with E-state index in [9.17, 15) is 0 Å². The van der Waals surface area contributed by atoms with Crippen LogP contribution >= 0.6 is 11.3 Å². The van der Waals surface area contributed by atoms with Crippen LogP contribution in [0.15, 0.2) is 53.9 Å². The molecule has 0 spiro atoms. The van der Waals surface area contributed by atoms with Crippen molar-refractivity contribution in [3.8, 4) is 22.8 Å². The molecular weight excluding hydrogens is 334 g/mol. The van der Waals surface area contributed by atoms with Gasteiger partial charge in [-0.15, -0.1) is 21.5 Å². The number of rotatable bonds is 4. The standard InChI is InChI=1S/C19H15N3O2S/c1-2-4-14(5-3-1)15-11-25-19-21-20-18(22(15)19)9-7-13-6-8-16-17(10-13)24-12-23-16/h1-6,8,10-11H,7,9,12H2. The number of aromatic nitrogens is 3. The number of nitrogens with zero attached hydrogens (tertiary/aromatic N) is 3. The Labute approximate surface area is 148 Å². The molecule has 0 saturated heterocycles. The molecule has 0 N–H and O–H groups in total. The average molecular weight is 349 g/mol. The lowest BCUT2D eigenvalue weighted by molar-refractivity contribution is 0.174. The minimum absolute atomic E-state index is 0.304. The lowest BCUT2D eigenvalue weighted by Crippen LogP contribution is -1.99. The topological polar surface area (TPSA) is 48.7 Å². The van der Waals surface area contributed by atoms with Gasteiger partial charge in [0, 0.05) is 11.8 Å². The largest absolute Gasteiger partial charge is 0.454 e. The predicted octanol–water partition coefficient (Wildman–Crippen LogP) is 3.97. The summed E-state index contributed by atoms with van der Waals surface area (Å²) in [6.07, 6.45) is 1.69. The molecule has 1 aliphatic rings. The van der Waals surface area contributed by atoms with Gasteiger partial charge in [0.25, 0.3) is 0 Å². The zero-order chi connectivity index (χ0) is 16.6. The van der Waals surface area contributed by atoms with Gasteiger partial charge in [-0.05, 0) is 29.7 Å². The summed E-state index contributed by atoms with van der Waals surface area (Å²) in [6, 6.07) is 16.5. The van der Waals surface area contributed by atoms with Crippen LogP contribution in [-0.4, -0.2) is 21.4 Å². The summed E-state index contributed by atoms with van der Waals surface area (Å²) in [5.41, 5.74) is 3.53. The number of thiazole rings is 1. The average Bonchev–Trinajstić information content (AvgIpc) is 3.37. The summed E-state index contributed by atoms with van der Waals surface area (Å²) in [6.45, 7) is 0.304. The fourth-order valence-electron chi connectivity index (χ4n) is 3.10. The molecule has 124 valence electrons. The highest BCUT2D eigenvalue weighted by molar-refractivity contribution is 7.15. The molecule has 25 heavy (non-hydrogen) atoms. The van der Waals surface area contributed by atoms with E-state index in [4.69, 9.17) is 9.47 Å². The second kappa shape index (κ2) is 5.89. The molecule has 5 nitrogen and oxygen atoms in total. The van der Waals surface area contributed by atoms with E-state index in [0.29, 0.717) is 6.79 Å². The molecule has 4 aromatic rings. The predicted molar refractivity (Wildman–Crippen MR) is 96.3 cm³/mol. The highest BCUT2D eigenvalue weighted by Crippen LogP contribution is 2.33. The van der Waals surface area contributed by atoms with Crippen LogP contribution in [-0.2, 0) is 12.8 Å². The third-order valence-electron chi connectivity index (χ3n) is 4.36. The molecule has 5 rings (SSSR count). The monoisotopic (exact) mass is 349 g/mol. The van der Waals surface area contributed by atoms with Crippen molar-refractivity contribution in [1.29, 1.82) is 0 Å². The maximum Gasteiger partial charge on any atom is 0.231 e. The Morgan fingerprint density at radius 1 is 0.960 bits per heavy atom. The van der Waals surface area contributed by atoms with Crippen LogP contribution < -0.4 is 9.47 Å². The zero-order valence-electron chi connectivity index (χ0n) is 13.4. The van der Waals surface area contributed by atoms with Crippen LogP contribution in [0.4, 0.5) is 0 Å². The summed E-state index contributed by atoms with van der Waals surface area (Å²) >= 11 is 1.62. The van der Waals surface area contributed by atoms with Gasteiger partial charge in [-0.3, -0.25) is 4.40 Å². The highest BCUT2D eigenvalue weighted by Gasteiger charge is 2.15. The Bertz CT molecular complexity index is 1040. The smallest absolute Gasteiger partial charge is 0.231 e. The molecule has 1 aliphatic heterocycles. The first-order chi connectivity index (χ1) is 12.4. The molecule has 0 radical (unpaired) electrons. The van der Waals surface area contributed by atoms with Crippen LogP contribution in [0.5, 0.6) is 11.5 Å². The molecule has 0 saturated carbocycles. The minimum Gasteiger partial charge on any atom is -0.454 e. The van der Waals surface area contributed by atoms with Gasteiger partial charge < -0.3 is 9.47 Å². The van der Waals surface area contributed by atoms with Gasteiger partial charge in [0.15, 0.2) is 11.5 Å². The van der Waals surface area contributed by atoms with Crippen molar-refractivity contribution in [2.75, 3.05) is 6.79 Å². The van der Waals surface area contributed by atoms with Gasteiger partial charge in [-0.1, -0.05) is 36.4 Å². The Morgan fingerprint density at radius 3 is 2.76 bits per heavy atom. The second-order valence-corrected chi connectivity index (χ2v) is 6.75. The Hall–Kier alpha value is -2.86. The third kappa shape index (κ3) is 2.55. The Balaban J connectivity index is 1.44. The van der Waals surface area contributed by atoms with Crippen LogP contribution in [0.25, 0.3) is 16.2 Å². The second-order valence-electron chi connectivity index (χ2n) is 5.91. The van der Waals surface area contributed by atoms with Crippen LogP contribution in [0.2, 0.25) is 0 Å². The normalized spacial score (nSPS) is 12.8. The van der Waals surface area contributed by atoms with Gasteiger partial charge in [0.2, 0.25) is 11.8 Å². The molecule has 0 fully saturated rings. The molecule has 2 aromatic heterocycles. The van der Waals surface area contributed by atoms with Crippen molar-refractivity contribution < 1.29 is 9.47 Å². The first kappa shape index (κ1) is 14.5. The molecule has 0 unspecified atom stereocenters. The number of ether oxygens (including phenoxy) is 2. The highest BCUT2D eigenvalue weighted by atomic mass is 32.1. The van der Waals surface area contributed by atoms with Crippen molar-refractivity contribution in [3.05, 3.63) is 65.3 Å². The summed E-state index contributed by atoms with van der Waals surface area (Å²) < 4.78 is 13.0. The molecule has 0 atom stereocenters. The van der Waals surface area contributed by atoms with Crippen molar-refractivity contribution in [1.82, 2.24) is 14.6 Å². The number of fused-ring (bicyclic) bond motifs is 2. The van der Waals surface area contributed by atoms with E-state index in [1.54, 1.807) is 11.3 Å². The van der Waals surface area contributed by atoms with Crippen molar-refractivity contribution in [2.45, 2.75) is 12.8 Å². The van der Waals surface area contributed by atoms with E-state index in [1.807, 2.05) is 18.2 Å². The van der Waals surface area contributed by atoms with Crippen LogP contribution in [0.1, 0.15) is 11.4 Å². The quantitative estimate of drug-likeness (QED) is 0.559. The number of hydrogen-bond donors (Lipinski definition) is 0. The number of benzene rings is 2. The summed E-state index contributed by atoms with van der Waals surface area (Å²) in [4.78, 5) is 0.930. The molecular formula is C19H15N3O2S. The van der Waals surface area contributed by atoms with E-state index >= 15 is 0 Å². The van der Waals surface area contributed by atoms with E-state index in [0.717, 1.165) is 40.8 Å². The van der Waals surface area contributed by atoms with E-state index in [1.165, 1.54) is 11.1 Å². The minimum atomic E-state index is 0.304. The van der Waals surface area contributed by atoms with E-state index in [2.05, 4.69) is 50.3 Å². The lowest BCUT2D eigenvalue weighted by Gasteiger charge is -2.04. The Kier molecular flexibility index (Phi) is 3.41. The van der Waals surface area contributed by atoms with Crippen LogP contribution in [0.3, 0.4) is 0 Å². The zero-order valence-corrected chi connectivity index (χ0v) is 14.2. The molecule has 0 bridgehead atoms. The summed E-state index contributed by atoms with van der Waals surface area (Å²) in [5, 5.41) is 10.9. The van der Waals surface area contributed by atoms with Crippen molar-refractivity contribution in [3.63, 3.8) is 0 Å². The van der Waals surface area contributed by atoms with Gasteiger partial charge >= 0.3 is 0 Å². The maximum absolute atomic E-state index is 5.46. The summed E-state index contributed by atoms with van der Waals surface area (Å²) in [7, 11) is 0. The molecule has 3 heterocycles. The van der Waals surface area contributed by atoms with Gasteiger partial charge in [0.05, 0.1) is 5.69 Å². The molecule has 0 aliphatic carbocycles. The SMILES string of the molecule is c1ccc(-c2csc3nnc(CCc4ccc5c(c4)OCO5)n23)cc1. The Morgan fingerprint density at radius 2 is 1.84 bits per heavy atom. The molecule has 6 heteroatoms. The maximum atomic E-state index is 5.46. The van der Waals surface area contributed by atoms with Gasteiger partial charge in [-0.25, -0.2) is 0 Å². The van der Waals surface area contributed by atoms with Crippen molar-refractivity contribution in [2.24, 2.45) is 0 Å². The van der Waals surface area contributed by atoms with Gasteiger partial charge in [-0.2, -0.15) is 0 Å². The van der Waals surface area contributed by atoms with E-state index < -0.39 is 0 Å². The molecule has 2 aromatic carbocycles. The molecule has 0 amide bonds. The first-order valence-corrected chi connectivity index (χ1v) is 9.02. The summed E-state index contributed by atoms with van der Waals surface area (Å²) in [5.74, 6) is 2.62. The van der Waals surface area contributed by atoms with Crippen LogP contribution in [0, 0.1) is 0 Å².